The summed E-state index contributed by atoms with van der Waals surface area (Å²) in [6.07, 6.45) is -0.588. The van der Waals surface area contributed by atoms with Gasteiger partial charge in [0.05, 0.1) is 6.54 Å². The maximum absolute atomic E-state index is 15.0. The minimum absolute atomic E-state index is 0.0185. The molecule has 1 aliphatic heterocycles. The van der Waals surface area contributed by atoms with Gasteiger partial charge in [0.1, 0.15) is 5.82 Å². The number of aromatic nitrogens is 2. The molecule has 0 atom stereocenters. The van der Waals surface area contributed by atoms with Crippen molar-refractivity contribution in [3.05, 3.63) is 65.8 Å². The lowest BCUT2D eigenvalue weighted by Crippen LogP contribution is -2.44. The summed E-state index contributed by atoms with van der Waals surface area (Å²) in [6, 6.07) is 12.8. The van der Waals surface area contributed by atoms with Crippen LogP contribution in [0.3, 0.4) is 0 Å². The number of para-hydroxylation sites is 1. The van der Waals surface area contributed by atoms with Gasteiger partial charge in [-0.2, -0.15) is 8.78 Å². The summed E-state index contributed by atoms with van der Waals surface area (Å²) < 4.78 is 45.3. The molecule has 0 spiro atoms. The molecule has 2 aromatic carbocycles. The standard InChI is InChI=1S/C25H28F3N5O2/c1-17-9-12-32(13-10-17)14-11-29-25(34)33(20-5-3-2-4-6-20)16-19-8-7-18(15-21(19)26)23-30-31-24(35-23)22(27)28/h2-8,15,17,22H,9-14,16H2,1H3,(H,29,34). The lowest BCUT2D eigenvalue weighted by molar-refractivity contribution is 0.116. The number of likely N-dealkylation sites (tertiary alicyclic amines) is 1. The molecular formula is C25H28F3N5O2. The Balaban J connectivity index is 1.44. The minimum atomic E-state index is -2.91. The van der Waals surface area contributed by atoms with Gasteiger partial charge in [-0.3, -0.25) is 4.90 Å². The van der Waals surface area contributed by atoms with Crippen LogP contribution >= 0.6 is 0 Å². The van der Waals surface area contributed by atoms with Gasteiger partial charge in [-0.05, 0) is 56.1 Å². The predicted octanol–water partition coefficient (Wildman–Crippen LogP) is 5.26. The van der Waals surface area contributed by atoms with Crippen molar-refractivity contribution in [2.45, 2.75) is 32.7 Å². The molecule has 10 heteroatoms. The summed E-state index contributed by atoms with van der Waals surface area (Å²) in [5, 5.41) is 9.77. The molecule has 186 valence electrons. The Hall–Kier alpha value is -3.40. The second-order valence-corrected chi connectivity index (χ2v) is 8.73. The van der Waals surface area contributed by atoms with Crippen molar-refractivity contribution in [1.82, 2.24) is 20.4 Å². The van der Waals surface area contributed by atoms with Crippen molar-refractivity contribution in [2.24, 2.45) is 5.92 Å². The number of nitrogens with zero attached hydrogens (tertiary/aromatic N) is 4. The second-order valence-electron chi connectivity index (χ2n) is 8.73. The van der Waals surface area contributed by atoms with Gasteiger partial charge in [0.15, 0.2) is 0 Å². The Kier molecular flexibility index (Phi) is 8.02. The maximum Gasteiger partial charge on any atom is 0.322 e. The van der Waals surface area contributed by atoms with E-state index in [0.29, 0.717) is 12.2 Å². The number of hydrogen-bond donors (Lipinski definition) is 1. The summed E-state index contributed by atoms with van der Waals surface area (Å²) in [7, 11) is 0. The molecule has 2 heterocycles. The average molecular weight is 488 g/mol. The number of rotatable bonds is 8. The molecule has 0 unspecified atom stereocenters. The number of piperidine rings is 1. The van der Waals surface area contributed by atoms with E-state index in [1.165, 1.54) is 17.0 Å². The van der Waals surface area contributed by atoms with Crippen LogP contribution in [0, 0.1) is 11.7 Å². The van der Waals surface area contributed by atoms with Crippen LogP contribution < -0.4 is 10.2 Å². The molecule has 1 N–H and O–H groups in total. The van der Waals surface area contributed by atoms with Crippen LogP contribution in [-0.4, -0.2) is 47.3 Å². The first-order valence-electron chi connectivity index (χ1n) is 11.6. The third-order valence-electron chi connectivity index (χ3n) is 6.15. The number of carbonyl (C=O) groups excluding carboxylic acids is 1. The van der Waals surface area contributed by atoms with E-state index in [-0.39, 0.29) is 29.6 Å². The van der Waals surface area contributed by atoms with Crippen LogP contribution in [0.1, 0.15) is 37.6 Å². The number of nitrogens with one attached hydrogen (secondary N) is 1. The number of anilines is 1. The molecule has 0 bridgehead atoms. The monoisotopic (exact) mass is 487 g/mol. The van der Waals surface area contributed by atoms with Crippen molar-refractivity contribution < 1.29 is 22.4 Å². The first kappa shape index (κ1) is 24.7. The van der Waals surface area contributed by atoms with Crippen LogP contribution in [0.5, 0.6) is 0 Å². The molecule has 1 fully saturated rings. The highest BCUT2D eigenvalue weighted by Crippen LogP contribution is 2.26. The molecule has 3 aromatic rings. The topological polar surface area (TPSA) is 74.5 Å². The highest BCUT2D eigenvalue weighted by atomic mass is 19.3. The SMILES string of the molecule is CC1CCN(CCNC(=O)N(Cc2ccc(-c3nnc(C(F)F)o3)cc2F)c2ccccc2)CC1. The Morgan fingerprint density at radius 3 is 2.57 bits per heavy atom. The average Bonchev–Trinajstić information content (AvgIpc) is 3.36. The van der Waals surface area contributed by atoms with Gasteiger partial charge >= 0.3 is 12.5 Å². The van der Waals surface area contributed by atoms with Crippen molar-refractivity contribution >= 4 is 11.7 Å². The molecule has 7 nitrogen and oxygen atoms in total. The van der Waals surface area contributed by atoms with E-state index >= 15 is 0 Å². The van der Waals surface area contributed by atoms with Crippen LogP contribution in [0.4, 0.5) is 23.7 Å². The second kappa shape index (κ2) is 11.4. The van der Waals surface area contributed by atoms with E-state index < -0.39 is 18.1 Å². The molecule has 35 heavy (non-hydrogen) atoms. The summed E-state index contributed by atoms with van der Waals surface area (Å²) >= 11 is 0. The summed E-state index contributed by atoms with van der Waals surface area (Å²) in [4.78, 5) is 16.9. The van der Waals surface area contributed by atoms with E-state index in [2.05, 4.69) is 27.3 Å². The zero-order valence-electron chi connectivity index (χ0n) is 19.5. The van der Waals surface area contributed by atoms with E-state index in [1.807, 2.05) is 6.07 Å². The summed E-state index contributed by atoms with van der Waals surface area (Å²) in [5.41, 5.74) is 1.06. The molecule has 1 aliphatic rings. The van der Waals surface area contributed by atoms with Crippen LogP contribution in [-0.2, 0) is 6.54 Å². The molecule has 4 rings (SSSR count). The van der Waals surface area contributed by atoms with Gasteiger partial charge in [-0.15, -0.1) is 10.2 Å². The fourth-order valence-electron chi connectivity index (χ4n) is 4.01. The molecule has 1 aromatic heterocycles. The predicted molar refractivity (Wildman–Crippen MR) is 126 cm³/mol. The summed E-state index contributed by atoms with van der Waals surface area (Å²) in [6.45, 7) is 5.53. The smallest absolute Gasteiger partial charge is 0.322 e. The van der Waals surface area contributed by atoms with Gasteiger partial charge < -0.3 is 14.6 Å². The number of benzene rings is 2. The van der Waals surface area contributed by atoms with E-state index in [9.17, 15) is 18.0 Å². The number of carbonyl (C=O) groups is 1. The largest absolute Gasteiger partial charge is 0.415 e. The Bertz CT molecular complexity index is 1120. The Morgan fingerprint density at radius 2 is 1.91 bits per heavy atom. The lowest BCUT2D eigenvalue weighted by Gasteiger charge is -2.30. The number of alkyl halides is 2. The van der Waals surface area contributed by atoms with Crippen LogP contribution in [0.25, 0.3) is 11.5 Å². The van der Waals surface area contributed by atoms with Crippen LogP contribution in [0.2, 0.25) is 0 Å². The Labute approximate surface area is 201 Å². The zero-order chi connectivity index (χ0) is 24.8. The first-order chi connectivity index (χ1) is 16.9. The van der Waals surface area contributed by atoms with Gasteiger partial charge in [0.25, 0.3) is 5.89 Å². The number of hydrogen-bond acceptors (Lipinski definition) is 5. The molecule has 0 saturated carbocycles. The normalized spacial score (nSPS) is 14.9. The molecule has 1 saturated heterocycles. The fraction of sp³-hybridized carbons (Fsp3) is 0.400. The van der Waals surface area contributed by atoms with E-state index in [0.717, 1.165) is 44.5 Å². The third-order valence-corrected chi connectivity index (χ3v) is 6.15. The maximum atomic E-state index is 15.0. The van der Waals surface area contributed by atoms with Gasteiger partial charge in [0, 0.05) is 29.9 Å². The molecule has 0 aliphatic carbocycles. The first-order valence-corrected chi connectivity index (χ1v) is 11.6. The number of amides is 2. The van der Waals surface area contributed by atoms with Gasteiger partial charge in [0.2, 0.25) is 5.89 Å². The number of halogens is 3. The highest BCUT2D eigenvalue weighted by molar-refractivity contribution is 5.91. The summed E-state index contributed by atoms with van der Waals surface area (Å²) in [5.74, 6) is -0.900. The Morgan fingerprint density at radius 1 is 1.17 bits per heavy atom. The van der Waals surface area contributed by atoms with Crippen molar-refractivity contribution in [3.63, 3.8) is 0 Å². The van der Waals surface area contributed by atoms with Crippen LogP contribution in [0.15, 0.2) is 52.9 Å². The molecule has 2 amide bonds. The van der Waals surface area contributed by atoms with Gasteiger partial charge in [-0.1, -0.05) is 31.2 Å². The molecular weight excluding hydrogens is 459 g/mol. The highest BCUT2D eigenvalue weighted by Gasteiger charge is 2.21. The minimum Gasteiger partial charge on any atom is -0.415 e. The van der Waals surface area contributed by atoms with Crippen molar-refractivity contribution in [2.75, 3.05) is 31.1 Å². The lowest BCUT2D eigenvalue weighted by atomic mass is 9.99. The van der Waals surface area contributed by atoms with Crippen molar-refractivity contribution in [1.29, 1.82) is 0 Å². The molecule has 0 radical (unpaired) electrons. The zero-order valence-corrected chi connectivity index (χ0v) is 19.5. The van der Waals surface area contributed by atoms with Gasteiger partial charge in [-0.25, -0.2) is 9.18 Å². The van der Waals surface area contributed by atoms with Crippen molar-refractivity contribution in [3.8, 4) is 11.5 Å². The number of urea groups is 1. The van der Waals surface area contributed by atoms with E-state index in [4.69, 9.17) is 4.42 Å². The third kappa shape index (κ3) is 6.39. The van der Waals surface area contributed by atoms with E-state index in [1.54, 1.807) is 24.3 Å². The fourth-order valence-corrected chi connectivity index (χ4v) is 4.01. The quantitative estimate of drug-likeness (QED) is 0.469.